The smallest absolute Gasteiger partial charge is 0.335 e. The van der Waals surface area contributed by atoms with Gasteiger partial charge in [0.2, 0.25) is 0 Å². The van der Waals surface area contributed by atoms with Crippen LogP contribution in [0.15, 0.2) is 48.5 Å². The minimum absolute atomic E-state index is 0.210. The Bertz CT molecular complexity index is 746. The Morgan fingerprint density at radius 2 is 1.77 bits per heavy atom. The number of hydrogen-bond acceptors (Lipinski definition) is 4. The van der Waals surface area contributed by atoms with Crippen LogP contribution in [0.4, 0.5) is 4.79 Å². The maximum Gasteiger partial charge on any atom is 0.335 e. The average Bonchev–Trinajstić information content (AvgIpc) is 2.65. The number of carboxylic acid groups (broad SMARTS) is 1. The molecule has 0 aliphatic rings. The van der Waals surface area contributed by atoms with E-state index in [4.69, 9.17) is 14.6 Å². The molecule has 2 rings (SSSR count). The Labute approximate surface area is 151 Å². The summed E-state index contributed by atoms with van der Waals surface area (Å²) in [5, 5.41) is 14.3. The molecule has 2 aromatic carbocycles. The van der Waals surface area contributed by atoms with Crippen molar-refractivity contribution in [3.8, 4) is 11.5 Å². The van der Waals surface area contributed by atoms with Crippen molar-refractivity contribution < 1.29 is 24.2 Å². The lowest BCUT2D eigenvalue weighted by molar-refractivity contribution is 0.0697. The lowest BCUT2D eigenvalue weighted by Crippen LogP contribution is -2.40. The number of carboxylic acids is 1. The molecule has 2 aromatic rings. The van der Waals surface area contributed by atoms with E-state index >= 15 is 0 Å². The molecular weight excluding hydrogens is 336 g/mol. The van der Waals surface area contributed by atoms with Gasteiger partial charge in [0.25, 0.3) is 0 Å². The van der Waals surface area contributed by atoms with Crippen molar-refractivity contribution in [1.29, 1.82) is 0 Å². The number of ether oxygens (including phenoxy) is 2. The number of methoxy groups -OCH3 is 1. The SMILES string of the molecule is COc1cccc(OC(C)CNC(=O)NCc2ccc(C(=O)O)cc2)c1. The second-order valence-corrected chi connectivity index (χ2v) is 5.67. The summed E-state index contributed by atoms with van der Waals surface area (Å²) in [6.45, 7) is 2.49. The first-order chi connectivity index (χ1) is 12.5. The number of nitrogens with one attached hydrogen (secondary N) is 2. The molecule has 2 amide bonds. The summed E-state index contributed by atoms with van der Waals surface area (Å²) in [6.07, 6.45) is -0.220. The van der Waals surface area contributed by atoms with Crippen LogP contribution in [0.5, 0.6) is 11.5 Å². The number of carbonyl (C=O) groups is 2. The number of rotatable bonds is 8. The highest BCUT2D eigenvalue weighted by Crippen LogP contribution is 2.19. The second-order valence-electron chi connectivity index (χ2n) is 5.67. The molecule has 1 atom stereocenters. The number of amides is 2. The van der Waals surface area contributed by atoms with Gasteiger partial charge in [-0.05, 0) is 36.8 Å². The van der Waals surface area contributed by atoms with Crippen LogP contribution in [-0.4, -0.2) is 36.9 Å². The molecule has 7 nitrogen and oxygen atoms in total. The highest BCUT2D eigenvalue weighted by Gasteiger charge is 2.08. The Morgan fingerprint density at radius 1 is 1.08 bits per heavy atom. The third kappa shape index (κ3) is 6.01. The first-order valence-electron chi connectivity index (χ1n) is 8.12. The molecule has 0 fully saturated rings. The van der Waals surface area contributed by atoms with E-state index in [1.165, 1.54) is 12.1 Å². The molecule has 0 heterocycles. The number of aromatic carboxylic acids is 1. The fraction of sp³-hybridized carbons (Fsp3) is 0.263. The summed E-state index contributed by atoms with van der Waals surface area (Å²) in [7, 11) is 1.59. The highest BCUT2D eigenvalue weighted by molar-refractivity contribution is 5.87. The standard InChI is InChI=1S/C19H22N2O5/c1-13(26-17-5-3-4-16(10-17)25-2)11-20-19(24)21-12-14-6-8-15(9-7-14)18(22)23/h3-10,13H,11-12H2,1-2H3,(H,22,23)(H2,20,21,24). The largest absolute Gasteiger partial charge is 0.497 e. The van der Waals surface area contributed by atoms with Gasteiger partial charge >= 0.3 is 12.0 Å². The quantitative estimate of drug-likeness (QED) is 0.674. The maximum absolute atomic E-state index is 11.9. The van der Waals surface area contributed by atoms with Crippen molar-refractivity contribution in [2.24, 2.45) is 0 Å². The topological polar surface area (TPSA) is 96.9 Å². The van der Waals surface area contributed by atoms with E-state index in [2.05, 4.69) is 10.6 Å². The van der Waals surface area contributed by atoms with E-state index in [9.17, 15) is 9.59 Å². The molecule has 3 N–H and O–H groups in total. The Hall–Kier alpha value is -3.22. The van der Waals surface area contributed by atoms with Crippen LogP contribution < -0.4 is 20.1 Å². The predicted molar refractivity (Wildman–Crippen MR) is 96.7 cm³/mol. The van der Waals surface area contributed by atoms with Crippen LogP contribution in [-0.2, 0) is 6.54 Å². The molecular formula is C19H22N2O5. The zero-order valence-corrected chi connectivity index (χ0v) is 14.7. The number of carbonyl (C=O) groups excluding carboxylic acids is 1. The van der Waals surface area contributed by atoms with Gasteiger partial charge in [0.1, 0.15) is 17.6 Å². The molecule has 0 bridgehead atoms. The van der Waals surface area contributed by atoms with Gasteiger partial charge in [-0.2, -0.15) is 0 Å². The molecule has 138 valence electrons. The first-order valence-corrected chi connectivity index (χ1v) is 8.12. The van der Waals surface area contributed by atoms with E-state index in [-0.39, 0.29) is 17.7 Å². The van der Waals surface area contributed by atoms with Crippen LogP contribution in [0, 0.1) is 0 Å². The summed E-state index contributed by atoms with van der Waals surface area (Å²) < 4.78 is 10.9. The van der Waals surface area contributed by atoms with Crippen LogP contribution >= 0.6 is 0 Å². The van der Waals surface area contributed by atoms with Crippen LogP contribution in [0.25, 0.3) is 0 Å². The molecule has 0 saturated carbocycles. The molecule has 0 aliphatic carbocycles. The third-order valence-corrected chi connectivity index (χ3v) is 3.58. The summed E-state index contributed by atoms with van der Waals surface area (Å²) in [5.74, 6) is 0.388. The van der Waals surface area contributed by atoms with Crippen molar-refractivity contribution in [1.82, 2.24) is 10.6 Å². The Balaban J connectivity index is 1.72. The van der Waals surface area contributed by atoms with Gasteiger partial charge in [-0.3, -0.25) is 0 Å². The summed E-state index contributed by atoms with van der Waals surface area (Å²) in [4.78, 5) is 22.7. The van der Waals surface area contributed by atoms with Crippen molar-refractivity contribution >= 4 is 12.0 Å². The van der Waals surface area contributed by atoms with Crippen molar-refractivity contribution in [3.63, 3.8) is 0 Å². The number of urea groups is 1. The molecule has 7 heteroatoms. The van der Waals surface area contributed by atoms with E-state index in [1.54, 1.807) is 25.3 Å². The minimum atomic E-state index is -0.979. The minimum Gasteiger partial charge on any atom is -0.497 e. The molecule has 0 aromatic heterocycles. The van der Waals surface area contributed by atoms with Gasteiger partial charge in [0.15, 0.2) is 0 Å². The highest BCUT2D eigenvalue weighted by atomic mass is 16.5. The second kappa shape index (κ2) is 9.31. The average molecular weight is 358 g/mol. The number of benzene rings is 2. The van der Waals surface area contributed by atoms with E-state index < -0.39 is 5.97 Å². The van der Waals surface area contributed by atoms with E-state index in [0.717, 1.165) is 5.56 Å². The molecule has 1 unspecified atom stereocenters. The van der Waals surface area contributed by atoms with Crippen LogP contribution in [0.2, 0.25) is 0 Å². The number of hydrogen-bond donors (Lipinski definition) is 3. The van der Waals surface area contributed by atoms with Crippen LogP contribution in [0.3, 0.4) is 0 Å². The Morgan fingerprint density at radius 3 is 2.42 bits per heavy atom. The molecule has 0 aliphatic heterocycles. The van der Waals surface area contributed by atoms with Crippen LogP contribution in [0.1, 0.15) is 22.8 Å². The van der Waals surface area contributed by atoms with Crippen molar-refractivity contribution in [2.75, 3.05) is 13.7 Å². The van der Waals surface area contributed by atoms with Crippen molar-refractivity contribution in [3.05, 3.63) is 59.7 Å². The van der Waals surface area contributed by atoms with Gasteiger partial charge in [-0.25, -0.2) is 9.59 Å². The monoisotopic (exact) mass is 358 g/mol. The summed E-state index contributed by atoms with van der Waals surface area (Å²) >= 11 is 0. The first kappa shape index (κ1) is 19.1. The Kier molecular flexibility index (Phi) is 6.84. The summed E-state index contributed by atoms with van der Waals surface area (Å²) in [6, 6.07) is 13.3. The third-order valence-electron chi connectivity index (χ3n) is 3.58. The van der Waals surface area contributed by atoms with Gasteiger partial charge in [0.05, 0.1) is 19.2 Å². The molecule has 0 spiro atoms. The zero-order valence-electron chi connectivity index (χ0n) is 14.7. The normalized spacial score (nSPS) is 11.3. The lowest BCUT2D eigenvalue weighted by atomic mass is 10.1. The predicted octanol–water partition coefficient (Wildman–Crippen LogP) is 2.66. The van der Waals surface area contributed by atoms with E-state index in [1.807, 2.05) is 25.1 Å². The van der Waals surface area contributed by atoms with Crippen molar-refractivity contribution in [2.45, 2.75) is 19.6 Å². The lowest BCUT2D eigenvalue weighted by Gasteiger charge is -2.16. The molecule has 0 radical (unpaired) electrons. The molecule has 0 saturated heterocycles. The van der Waals surface area contributed by atoms with E-state index in [0.29, 0.717) is 24.6 Å². The fourth-order valence-corrected chi connectivity index (χ4v) is 2.19. The van der Waals surface area contributed by atoms with Gasteiger partial charge in [-0.1, -0.05) is 18.2 Å². The molecule has 26 heavy (non-hydrogen) atoms. The van der Waals surface area contributed by atoms with Gasteiger partial charge in [0, 0.05) is 12.6 Å². The maximum atomic E-state index is 11.9. The summed E-state index contributed by atoms with van der Waals surface area (Å²) in [5.41, 5.74) is 1.02. The fourth-order valence-electron chi connectivity index (χ4n) is 2.19. The zero-order chi connectivity index (χ0) is 18.9. The van der Waals surface area contributed by atoms with Gasteiger partial charge < -0.3 is 25.2 Å². The van der Waals surface area contributed by atoms with Gasteiger partial charge in [-0.15, -0.1) is 0 Å².